The van der Waals surface area contributed by atoms with Crippen molar-refractivity contribution in [1.29, 1.82) is 0 Å². The Morgan fingerprint density at radius 3 is 2.43 bits per heavy atom. The highest BCUT2D eigenvalue weighted by atomic mass is 28.3. The third-order valence-electron chi connectivity index (χ3n) is 4.50. The van der Waals surface area contributed by atoms with E-state index >= 15 is 0 Å². The van der Waals surface area contributed by atoms with Gasteiger partial charge in [0, 0.05) is 28.2 Å². The van der Waals surface area contributed by atoms with Crippen molar-refractivity contribution < 1.29 is 28.6 Å². The van der Waals surface area contributed by atoms with Gasteiger partial charge in [-0.2, -0.15) is 0 Å². The molecule has 0 heterocycles. The number of methoxy groups -OCH3 is 1. The highest BCUT2D eigenvalue weighted by molar-refractivity contribution is 6.76. The van der Waals surface area contributed by atoms with Crippen LogP contribution in [-0.4, -0.2) is 71.1 Å². The van der Waals surface area contributed by atoms with E-state index in [2.05, 4.69) is 25.0 Å². The predicted octanol–water partition coefficient (Wildman–Crippen LogP) is 3.02. The normalized spacial score (nSPS) is 23.6. The second kappa shape index (κ2) is 11.1. The zero-order valence-corrected chi connectivity index (χ0v) is 18.8. The Labute approximate surface area is 168 Å². The van der Waals surface area contributed by atoms with Crippen molar-refractivity contribution >= 4 is 26.2 Å². The molecule has 1 N–H and O–H groups in total. The highest BCUT2D eigenvalue weighted by Crippen LogP contribution is 2.23. The van der Waals surface area contributed by atoms with Gasteiger partial charge < -0.3 is 24.4 Å². The summed E-state index contributed by atoms with van der Waals surface area (Å²) in [6.07, 6.45) is 3.51. The number of carbonyl (C=O) groups excluding carboxylic acids is 3. The molecule has 160 valence electrons. The zero-order chi connectivity index (χ0) is 21.3. The van der Waals surface area contributed by atoms with E-state index in [0.717, 1.165) is 6.04 Å². The van der Waals surface area contributed by atoms with E-state index in [9.17, 15) is 14.4 Å². The molecule has 0 saturated heterocycles. The van der Waals surface area contributed by atoms with E-state index in [0.29, 0.717) is 25.9 Å². The van der Waals surface area contributed by atoms with Crippen LogP contribution < -0.4 is 5.32 Å². The molecule has 0 radical (unpaired) electrons. The Bertz CT molecular complexity index is 573. The molecule has 2 amide bonds. The van der Waals surface area contributed by atoms with Crippen LogP contribution in [0.25, 0.3) is 0 Å². The molecule has 0 aromatic heterocycles. The topological polar surface area (TPSA) is 94.2 Å². The summed E-state index contributed by atoms with van der Waals surface area (Å²) < 4.78 is 15.6. The van der Waals surface area contributed by atoms with Gasteiger partial charge in [-0.25, -0.2) is 9.59 Å². The first-order valence-corrected chi connectivity index (χ1v) is 13.3. The summed E-state index contributed by atoms with van der Waals surface area (Å²) in [5.41, 5.74) is 0. The van der Waals surface area contributed by atoms with Crippen LogP contribution in [0.4, 0.5) is 9.59 Å². The number of esters is 1. The van der Waals surface area contributed by atoms with Gasteiger partial charge in [0.05, 0.1) is 19.6 Å². The smallest absolute Gasteiger partial charge is 0.409 e. The van der Waals surface area contributed by atoms with E-state index in [-0.39, 0.29) is 0 Å². The van der Waals surface area contributed by atoms with Gasteiger partial charge in [-0.05, 0) is 31.4 Å². The fraction of sp³-hybridized carbons (Fsp3) is 0.737. The molecular formula is C19H34N2O6Si. The first-order valence-electron chi connectivity index (χ1n) is 9.59. The van der Waals surface area contributed by atoms with Crippen molar-refractivity contribution in [3.63, 3.8) is 0 Å². The number of nitrogens with zero attached hydrogens (tertiary/aromatic N) is 1. The fourth-order valence-electron chi connectivity index (χ4n) is 2.75. The van der Waals surface area contributed by atoms with E-state index < -0.39 is 44.3 Å². The van der Waals surface area contributed by atoms with Crippen LogP contribution in [0.1, 0.15) is 19.3 Å². The van der Waals surface area contributed by atoms with Crippen molar-refractivity contribution in [1.82, 2.24) is 10.2 Å². The quantitative estimate of drug-likeness (QED) is 0.311. The van der Waals surface area contributed by atoms with E-state index in [4.69, 9.17) is 14.2 Å². The van der Waals surface area contributed by atoms with Crippen LogP contribution in [0, 0.1) is 5.92 Å². The van der Waals surface area contributed by atoms with Crippen LogP contribution in [0.3, 0.4) is 0 Å². The molecule has 1 aliphatic rings. The average Bonchev–Trinajstić information content (AvgIpc) is 2.57. The number of ether oxygens (including phenoxy) is 3. The first-order chi connectivity index (χ1) is 13.0. The lowest BCUT2D eigenvalue weighted by Gasteiger charge is -2.28. The number of carbonyl (C=O) groups is 3. The molecule has 0 spiro atoms. The Morgan fingerprint density at radius 1 is 1.18 bits per heavy atom. The maximum Gasteiger partial charge on any atom is 0.409 e. The summed E-state index contributed by atoms with van der Waals surface area (Å²) in [4.78, 5) is 37.5. The molecule has 0 fully saturated rings. The van der Waals surface area contributed by atoms with Crippen molar-refractivity contribution in [2.75, 3.05) is 27.8 Å². The number of amides is 2. The van der Waals surface area contributed by atoms with E-state index in [1.165, 1.54) is 12.0 Å². The molecule has 8 nitrogen and oxygen atoms in total. The summed E-state index contributed by atoms with van der Waals surface area (Å²) in [5.74, 6) is -0.944. The van der Waals surface area contributed by atoms with Gasteiger partial charge >= 0.3 is 18.2 Å². The summed E-state index contributed by atoms with van der Waals surface area (Å²) in [6, 6.07) is 0.443. The van der Waals surface area contributed by atoms with Crippen LogP contribution in [-0.2, 0) is 19.0 Å². The minimum atomic E-state index is -1.29. The Balaban J connectivity index is 2.73. The second-order valence-electron chi connectivity index (χ2n) is 8.38. The standard InChI is InChI=1S/C19H34N2O6Si/c1-21(2)19(24)27-14-8-7-9-16(15(11-10-14)17(22)25-3)20-18(23)26-12-13-28(4,5)6/h7-8,14-16H,9-13H2,1-6H3,(H,20,23)/b8-7-/t14-,15-,16-/m0/s1. The predicted molar refractivity (Wildman–Crippen MR) is 109 cm³/mol. The molecule has 0 unspecified atom stereocenters. The van der Waals surface area contributed by atoms with Gasteiger partial charge in [-0.3, -0.25) is 4.79 Å². The Hall–Kier alpha value is -2.03. The summed E-state index contributed by atoms with van der Waals surface area (Å²) in [5, 5.41) is 2.80. The molecule has 3 atom stereocenters. The molecule has 1 aliphatic carbocycles. The molecule has 0 saturated carbocycles. The van der Waals surface area contributed by atoms with Crippen LogP contribution in [0.15, 0.2) is 12.2 Å². The van der Waals surface area contributed by atoms with Crippen molar-refractivity contribution in [2.24, 2.45) is 5.92 Å². The summed E-state index contributed by atoms with van der Waals surface area (Å²) in [6.45, 7) is 7.00. The fourth-order valence-corrected chi connectivity index (χ4v) is 3.47. The van der Waals surface area contributed by atoms with Crippen molar-refractivity contribution in [2.45, 2.75) is 57.1 Å². The molecule has 1 rings (SSSR count). The number of nitrogens with one attached hydrogen (secondary N) is 1. The Morgan fingerprint density at radius 2 is 1.86 bits per heavy atom. The average molecular weight is 415 g/mol. The summed E-state index contributed by atoms with van der Waals surface area (Å²) >= 11 is 0. The van der Waals surface area contributed by atoms with Crippen LogP contribution >= 0.6 is 0 Å². The minimum absolute atomic E-state index is 0.371. The number of alkyl carbamates (subject to hydrolysis) is 1. The number of rotatable bonds is 6. The summed E-state index contributed by atoms with van der Waals surface area (Å²) in [7, 11) is 3.25. The van der Waals surface area contributed by atoms with Gasteiger partial charge in [-0.1, -0.05) is 25.7 Å². The van der Waals surface area contributed by atoms with Gasteiger partial charge in [0.25, 0.3) is 0 Å². The number of hydrogen-bond acceptors (Lipinski definition) is 6. The molecule has 0 aliphatic heterocycles. The molecule has 0 bridgehead atoms. The lowest BCUT2D eigenvalue weighted by molar-refractivity contribution is -0.146. The maximum atomic E-state index is 12.3. The third-order valence-corrected chi connectivity index (χ3v) is 6.20. The van der Waals surface area contributed by atoms with Gasteiger partial charge in [0.15, 0.2) is 0 Å². The maximum absolute atomic E-state index is 12.3. The largest absolute Gasteiger partial charge is 0.469 e. The van der Waals surface area contributed by atoms with Crippen molar-refractivity contribution in [3.8, 4) is 0 Å². The van der Waals surface area contributed by atoms with Gasteiger partial charge in [0.2, 0.25) is 0 Å². The van der Waals surface area contributed by atoms with Crippen molar-refractivity contribution in [3.05, 3.63) is 12.2 Å². The van der Waals surface area contributed by atoms with Crippen LogP contribution in [0.5, 0.6) is 0 Å². The number of hydrogen-bond donors (Lipinski definition) is 1. The third kappa shape index (κ3) is 8.77. The Kier molecular flexibility index (Phi) is 9.50. The molecule has 9 heteroatoms. The van der Waals surface area contributed by atoms with Gasteiger partial charge in [-0.15, -0.1) is 0 Å². The van der Waals surface area contributed by atoms with Crippen LogP contribution in [0.2, 0.25) is 25.7 Å². The molecular weight excluding hydrogens is 380 g/mol. The molecule has 28 heavy (non-hydrogen) atoms. The second-order valence-corrected chi connectivity index (χ2v) is 14.0. The SMILES string of the molecule is COC(=O)[C@H]1CC[C@@H](OC(=O)N(C)C)/C=C\C[C@@H]1NC(=O)OCC[Si](C)(C)C. The lowest BCUT2D eigenvalue weighted by Crippen LogP contribution is -2.45. The van der Waals surface area contributed by atoms with E-state index in [1.54, 1.807) is 20.2 Å². The van der Waals surface area contributed by atoms with Gasteiger partial charge in [0.1, 0.15) is 6.10 Å². The molecule has 0 aromatic rings. The first kappa shape index (κ1) is 24.0. The lowest BCUT2D eigenvalue weighted by atomic mass is 9.88. The molecule has 0 aromatic carbocycles. The zero-order valence-electron chi connectivity index (χ0n) is 17.8. The van der Waals surface area contributed by atoms with E-state index in [1.807, 2.05) is 6.08 Å². The monoisotopic (exact) mass is 414 g/mol. The highest BCUT2D eigenvalue weighted by Gasteiger charge is 2.32. The minimum Gasteiger partial charge on any atom is -0.469 e.